The fraction of sp³-hybridized carbons (Fsp3) is 0.250. The molecule has 0 unspecified atom stereocenters. The second-order valence-electron chi connectivity index (χ2n) is 9.26. The van der Waals surface area contributed by atoms with E-state index in [4.69, 9.17) is 22.7 Å². The highest BCUT2D eigenvalue weighted by atomic mass is 32.1. The number of rotatable bonds is 7. The predicted molar refractivity (Wildman–Crippen MR) is 144 cm³/mol. The average Bonchev–Trinajstić information content (AvgIpc) is 2.84. The van der Waals surface area contributed by atoms with Crippen LogP contribution in [0.15, 0.2) is 66.7 Å². The number of ether oxygens (including phenoxy) is 1. The van der Waals surface area contributed by atoms with Crippen LogP contribution in [0.1, 0.15) is 58.2 Å². The number of carbonyl (C=O) groups is 2. The number of hydrogen-bond acceptors (Lipinski definition) is 5. The van der Waals surface area contributed by atoms with E-state index < -0.39 is 0 Å². The van der Waals surface area contributed by atoms with Gasteiger partial charge in [0, 0.05) is 41.4 Å². The number of nitrogens with two attached hydrogens (primary N) is 1. The van der Waals surface area contributed by atoms with Gasteiger partial charge >= 0.3 is 0 Å². The Balaban J connectivity index is 1.63. The van der Waals surface area contributed by atoms with Crippen molar-refractivity contribution in [3.8, 4) is 5.75 Å². The Labute approximate surface area is 211 Å². The van der Waals surface area contributed by atoms with Gasteiger partial charge in [0.1, 0.15) is 5.75 Å². The molecule has 4 N–H and O–H groups in total. The number of methoxy groups -OCH3 is 1. The molecule has 35 heavy (non-hydrogen) atoms. The molecule has 182 valence electrons. The van der Waals surface area contributed by atoms with Gasteiger partial charge in [-0.2, -0.15) is 0 Å². The van der Waals surface area contributed by atoms with Crippen LogP contribution in [-0.4, -0.2) is 23.9 Å². The van der Waals surface area contributed by atoms with Crippen molar-refractivity contribution >= 4 is 34.7 Å². The molecule has 0 saturated heterocycles. The van der Waals surface area contributed by atoms with Gasteiger partial charge in [-0.1, -0.05) is 63.2 Å². The first-order valence-electron chi connectivity index (χ1n) is 11.3. The van der Waals surface area contributed by atoms with E-state index in [0.717, 1.165) is 16.7 Å². The van der Waals surface area contributed by atoms with Gasteiger partial charge in [-0.3, -0.25) is 14.9 Å². The Morgan fingerprint density at radius 1 is 0.943 bits per heavy atom. The van der Waals surface area contributed by atoms with E-state index in [9.17, 15) is 9.59 Å². The zero-order valence-electron chi connectivity index (χ0n) is 20.5. The Morgan fingerprint density at radius 2 is 1.57 bits per heavy atom. The summed E-state index contributed by atoms with van der Waals surface area (Å²) in [5.41, 5.74) is 10.3. The predicted octanol–water partition coefficient (Wildman–Crippen LogP) is 5.00. The van der Waals surface area contributed by atoms with E-state index in [1.54, 1.807) is 43.5 Å². The lowest BCUT2D eigenvalue weighted by molar-refractivity contribution is 0.0974. The normalized spacial score (nSPS) is 11.0. The molecule has 3 aromatic carbocycles. The SMILES string of the molecule is COc1cc(NC(=S)NC(=O)c2ccc(C(C)(C)C)cc2)ccc1CC(=O)c1ccc(CN)cc1. The highest BCUT2D eigenvalue weighted by Crippen LogP contribution is 2.25. The molecule has 0 aromatic heterocycles. The van der Waals surface area contributed by atoms with Gasteiger partial charge in [-0.25, -0.2) is 0 Å². The molecule has 1 amide bonds. The minimum absolute atomic E-state index is 0.0107. The maximum Gasteiger partial charge on any atom is 0.257 e. The Hall–Kier alpha value is -3.55. The summed E-state index contributed by atoms with van der Waals surface area (Å²) < 4.78 is 5.49. The number of benzene rings is 3. The second kappa shape index (κ2) is 11.3. The number of hydrogen-bond donors (Lipinski definition) is 3. The lowest BCUT2D eigenvalue weighted by Gasteiger charge is -2.19. The van der Waals surface area contributed by atoms with Crippen LogP contribution in [0.5, 0.6) is 5.75 Å². The number of thiocarbonyl (C=S) groups is 1. The Kier molecular flexibility index (Phi) is 8.38. The first kappa shape index (κ1) is 26.1. The number of Topliss-reactive ketones (excluding diaryl/α,β-unsaturated/α-hetero) is 1. The van der Waals surface area contributed by atoms with E-state index in [-0.39, 0.29) is 28.6 Å². The van der Waals surface area contributed by atoms with Crippen LogP contribution in [0.2, 0.25) is 0 Å². The Bertz CT molecular complexity index is 1210. The number of ketones is 1. The summed E-state index contributed by atoms with van der Waals surface area (Å²) in [6.07, 6.45) is 0.192. The van der Waals surface area contributed by atoms with Gasteiger partial charge in [0.15, 0.2) is 10.9 Å². The lowest BCUT2D eigenvalue weighted by Crippen LogP contribution is -2.34. The fourth-order valence-electron chi connectivity index (χ4n) is 3.53. The van der Waals surface area contributed by atoms with Crippen LogP contribution >= 0.6 is 12.2 Å². The van der Waals surface area contributed by atoms with Crippen molar-refractivity contribution in [1.82, 2.24) is 5.32 Å². The van der Waals surface area contributed by atoms with E-state index in [1.807, 2.05) is 30.3 Å². The summed E-state index contributed by atoms with van der Waals surface area (Å²) in [4.78, 5) is 25.3. The minimum atomic E-state index is -0.294. The van der Waals surface area contributed by atoms with Crippen LogP contribution < -0.4 is 21.1 Å². The Morgan fingerprint density at radius 3 is 2.14 bits per heavy atom. The monoisotopic (exact) mass is 489 g/mol. The molecule has 0 atom stereocenters. The first-order chi connectivity index (χ1) is 16.6. The maximum absolute atomic E-state index is 12.7. The molecule has 0 spiro atoms. The van der Waals surface area contributed by atoms with Crippen molar-refractivity contribution in [2.75, 3.05) is 12.4 Å². The van der Waals surface area contributed by atoms with Crippen LogP contribution in [0.3, 0.4) is 0 Å². The van der Waals surface area contributed by atoms with Crippen LogP contribution in [0.4, 0.5) is 5.69 Å². The van der Waals surface area contributed by atoms with Crippen LogP contribution in [0, 0.1) is 0 Å². The van der Waals surface area contributed by atoms with Crippen LogP contribution in [0.25, 0.3) is 0 Å². The number of amides is 1. The van der Waals surface area contributed by atoms with Crippen molar-refractivity contribution in [3.05, 3.63) is 94.5 Å². The van der Waals surface area contributed by atoms with Crippen molar-refractivity contribution in [2.45, 2.75) is 39.2 Å². The molecule has 0 heterocycles. The number of nitrogens with one attached hydrogen (secondary N) is 2. The van der Waals surface area contributed by atoms with E-state index in [1.165, 1.54) is 0 Å². The third-order valence-electron chi connectivity index (χ3n) is 5.65. The van der Waals surface area contributed by atoms with Gasteiger partial charge in [-0.05, 0) is 47.0 Å². The third kappa shape index (κ3) is 6.97. The summed E-state index contributed by atoms with van der Waals surface area (Å²) in [5, 5.41) is 5.86. The second-order valence-corrected chi connectivity index (χ2v) is 9.67. The highest BCUT2D eigenvalue weighted by molar-refractivity contribution is 7.80. The van der Waals surface area contributed by atoms with E-state index >= 15 is 0 Å². The van der Waals surface area contributed by atoms with Crippen molar-refractivity contribution in [3.63, 3.8) is 0 Å². The van der Waals surface area contributed by atoms with Gasteiger partial charge in [0.2, 0.25) is 0 Å². The summed E-state index contributed by atoms with van der Waals surface area (Å²) in [7, 11) is 1.55. The van der Waals surface area contributed by atoms with Gasteiger partial charge in [-0.15, -0.1) is 0 Å². The van der Waals surface area contributed by atoms with Crippen molar-refractivity contribution < 1.29 is 14.3 Å². The number of anilines is 1. The average molecular weight is 490 g/mol. The highest BCUT2D eigenvalue weighted by Gasteiger charge is 2.16. The molecule has 0 bridgehead atoms. The van der Waals surface area contributed by atoms with Crippen molar-refractivity contribution in [2.24, 2.45) is 5.73 Å². The van der Waals surface area contributed by atoms with E-state index in [0.29, 0.717) is 29.1 Å². The quantitative estimate of drug-likeness (QED) is 0.319. The smallest absolute Gasteiger partial charge is 0.257 e. The molecule has 0 fully saturated rings. The zero-order valence-corrected chi connectivity index (χ0v) is 21.3. The molecule has 6 nitrogen and oxygen atoms in total. The molecule has 0 saturated carbocycles. The molecule has 0 aliphatic carbocycles. The summed E-state index contributed by atoms with van der Waals surface area (Å²) in [5.74, 6) is 0.236. The largest absolute Gasteiger partial charge is 0.496 e. The standard InChI is InChI=1S/C28H31N3O3S/c1-28(2,3)22-12-9-20(10-13-22)26(33)31-27(35)30-23-14-11-21(25(16-23)34-4)15-24(32)19-7-5-18(17-29)6-8-19/h5-14,16H,15,17,29H2,1-4H3,(H2,30,31,33,35). The molecule has 7 heteroatoms. The molecule has 0 aliphatic heterocycles. The molecule has 3 rings (SSSR count). The minimum Gasteiger partial charge on any atom is -0.496 e. The summed E-state index contributed by atoms with van der Waals surface area (Å²) in [6.45, 7) is 6.80. The maximum atomic E-state index is 12.7. The van der Waals surface area contributed by atoms with Crippen LogP contribution in [-0.2, 0) is 18.4 Å². The lowest BCUT2D eigenvalue weighted by atomic mass is 9.87. The molecular formula is C28H31N3O3S. The van der Waals surface area contributed by atoms with Gasteiger partial charge in [0.25, 0.3) is 5.91 Å². The zero-order chi connectivity index (χ0) is 25.6. The topological polar surface area (TPSA) is 93.5 Å². The molecule has 0 aliphatic rings. The fourth-order valence-corrected chi connectivity index (χ4v) is 3.74. The first-order valence-corrected chi connectivity index (χ1v) is 11.7. The third-order valence-corrected chi connectivity index (χ3v) is 5.85. The molecular weight excluding hydrogens is 458 g/mol. The number of carbonyl (C=O) groups excluding carboxylic acids is 2. The van der Waals surface area contributed by atoms with Gasteiger partial charge < -0.3 is 15.8 Å². The molecule has 3 aromatic rings. The van der Waals surface area contributed by atoms with Crippen molar-refractivity contribution in [1.29, 1.82) is 0 Å². The molecule has 0 radical (unpaired) electrons. The van der Waals surface area contributed by atoms with E-state index in [2.05, 4.69) is 31.4 Å². The summed E-state index contributed by atoms with van der Waals surface area (Å²) >= 11 is 5.32. The summed E-state index contributed by atoms with van der Waals surface area (Å²) in [6, 6.07) is 20.1. The van der Waals surface area contributed by atoms with Gasteiger partial charge in [0.05, 0.1) is 7.11 Å².